The monoisotopic (exact) mass is 548 g/mol. The number of hydrogen-bond acceptors (Lipinski definition) is 8. The van der Waals surface area contributed by atoms with Crippen molar-refractivity contribution in [3.63, 3.8) is 0 Å². The summed E-state index contributed by atoms with van der Waals surface area (Å²) >= 11 is 1.53. The summed E-state index contributed by atoms with van der Waals surface area (Å²) in [7, 11) is -0.544. The number of methoxy groups -OCH3 is 2. The van der Waals surface area contributed by atoms with Gasteiger partial charge in [-0.2, -0.15) is 4.31 Å². The topological polar surface area (TPSA) is 92.3 Å². The predicted octanol–water partition coefficient (Wildman–Crippen LogP) is 3.20. The van der Waals surface area contributed by atoms with Crippen molar-refractivity contribution >= 4 is 42.6 Å². The molecule has 0 saturated carbocycles. The van der Waals surface area contributed by atoms with E-state index in [0.29, 0.717) is 51.3 Å². The van der Waals surface area contributed by atoms with Crippen LogP contribution in [0.1, 0.15) is 12.8 Å². The van der Waals surface area contributed by atoms with E-state index in [1.807, 2.05) is 17.0 Å². The average molecular weight is 549 g/mol. The van der Waals surface area contributed by atoms with E-state index >= 15 is 0 Å². The van der Waals surface area contributed by atoms with Crippen molar-refractivity contribution in [2.24, 2.45) is 5.92 Å². The standard InChI is InChI=1S/C25H29FN4O5S2/c1-34-20-9-10-21(35-2)23-22(20)27-25(36-23)29-14-12-28(13-15-29)24(31)17-4-3-11-30(16-17)37(32,33)19-7-5-18(26)6-8-19/h5-10,17H,3-4,11-16H2,1-2H3. The molecule has 0 aliphatic carbocycles. The summed E-state index contributed by atoms with van der Waals surface area (Å²) in [5, 5.41) is 0.846. The van der Waals surface area contributed by atoms with E-state index in [1.54, 1.807) is 14.2 Å². The first-order chi connectivity index (χ1) is 17.8. The fourth-order valence-electron chi connectivity index (χ4n) is 4.90. The number of carbonyl (C=O) groups is 1. The van der Waals surface area contributed by atoms with Gasteiger partial charge in [-0.05, 0) is 49.2 Å². The van der Waals surface area contributed by atoms with Gasteiger partial charge < -0.3 is 19.3 Å². The number of fused-ring (bicyclic) bond motifs is 1. The number of sulfonamides is 1. The Hall–Kier alpha value is -2.96. The molecule has 2 saturated heterocycles. The van der Waals surface area contributed by atoms with Crippen LogP contribution < -0.4 is 14.4 Å². The number of piperazine rings is 1. The minimum Gasteiger partial charge on any atom is -0.495 e. The van der Waals surface area contributed by atoms with Gasteiger partial charge in [0.05, 0.1) is 25.0 Å². The van der Waals surface area contributed by atoms with E-state index in [0.717, 1.165) is 33.2 Å². The summed E-state index contributed by atoms with van der Waals surface area (Å²) in [5.74, 6) is 0.516. The van der Waals surface area contributed by atoms with Gasteiger partial charge in [0.15, 0.2) is 5.13 Å². The molecule has 12 heteroatoms. The number of aromatic nitrogens is 1. The molecule has 2 aliphatic heterocycles. The Labute approximate surface area is 219 Å². The fourth-order valence-corrected chi connectivity index (χ4v) is 7.55. The zero-order valence-electron chi connectivity index (χ0n) is 20.7. The molecule has 198 valence electrons. The molecule has 1 unspecified atom stereocenters. The normalized spacial score (nSPS) is 19.3. The van der Waals surface area contributed by atoms with E-state index in [9.17, 15) is 17.6 Å². The summed E-state index contributed by atoms with van der Waals surface area (Å²) in [5.41, 5.74) is 0.755. The average Bonchev–Trinajstić information content (AvgIpc) is 3.38. The van der Waals surface area contributed by atoms with Gasteiger partial charge >= 0.3 is 0 Å². The number of nitrogens with zero attached hydrogens (tertiary/aromatic N) is 4. The highest BCUT2D eigenvalue weighted by atomic mass is 32.2. The van der Waals surface area contributed by atoms with Crippen LogP contribution in [-0.4, -0.2) is 82.0 Å². The summed E-state index contributed by atoms with van der Waals surface area (Å²) in [6.45, 7) is 2.80. The Morgan fingerprint density at radius 3 is 2.35 bits per heavy atom. The highest BCUT2D eigenvalue weighted by Gasteiger charge is 2.36. The lowest BCUT2D eigenvalue weighted by Gasteiger charge is -2.38. The molecule has 1 atom stereocenters. The first kappa shape index (κ1) is 25.7. The smallest absolute Gasteiger partial charge is 0.243 e. The lowest BCUT2D eigenvalue weighted by atomic mass is 9.98. The lowest BCUT2D eigenvalue weighted by molar-refractivity contribution is -0.137. The van der Waals surface area contributed by atoms with Crippen LogP contribution in [0, 0.1) is 11.7 Å². The van der Waals surface area contributed by atoms with Crippen LogP contribution >= 0.6 is 11.3 Å². The van der Waals surface area contributed by atoms with Crippen LogP contribution in [-0.2, 0) is 14.8 Å². The number of amides is 1. The summed E-state index contributed by atoms with van der Waals surface area (Å²) in [4.78, 5) is 22.2. The molecule has 1 amide bonds. The van der Waals surface area contributed by atoms with Gasteiger partial charge in [-0.1, -0.05) is 11.3 Å². The van der Waals surface area contributed by atoms with Crippen molar-refractivity contribution in [2.45, 2.75) is 17.7 Å². The molecule has 0 bridgehead atoms. The molecule has 3 heterocycles. The van der Waals surface area contributed by atoms with Crippen LogP contribution in [0.5, 0.6) is 11.5 Å². The highest BCUT2D eigenvalue weighted by molar-refractivity contribution is 7.89. The molecule has 2 fully saturated rings. The van der Waals surface area contributed by atoms with Crippen molar-refractivity contribution < 1.29 is 27.1 Å². The van der Waals surface area contributed by atoms with Crippen molar-refractivity contribution in [2.75, 3.05) is 58.4 Å². The number of carbonyl (C=O) groups excluding carboxylic acids is 1. The van der Waals surface area contributed by atoms with Crippen molar-refractivity contribution in [3.8, 4) is 11.5 Å². The molecule has 37 heavy (non-hydrogen) atoms. The maximum absolute atomic E-state index is 13.3. The second-order valence-corrected chi connectivity index (χ2v) is 12.0. The van der Waals surface area contributed by atoms with Crippen molar-refractivity contribution in [1.82, 2.24) is 14.2 Å². The highest BCUT2D eigenvalue weighted by Crippen LogP contribution is 2.40. The van der Waals surface area contributed by atoms with Crippen molar-refractivity contribution in [1.29, 1.82) is 0 Å². The number of hydrogen-bond donors (Lipinski definition) is 0. The molecule has 3 aromatic rings. The molecule has 5 rings (SSSR count). The van der Waals surface area contributed by atoms with Crippen LogP contribution in [0.4, 0.5) is 9.52 Å². The number of halogens is 1. The molecule has 1 aromatic heterocycles. The van der Waals surface area contributed by atoms with E-state index in [2.05, 4.69) is 4.90 Å². The van der Waals surface area contributed by atoms with E-state index in [1.165, 1.54) is 27.8 Å². The Morgan fingerprint density at radius 1 is 1.00 bits per heavy atom. The molecule has 0 N–H and O–H groups in total. The third-order valence-corrected chi connectivity index (χ3v) is 9.96. The van der Waals surface area contributed by atoms with E-state index < -0.39 is 21.8 Å². The molecule has 0 spiro atoms. The Bertz CT molecular complexity index is 1350. The first-order valence-electron chi connectivity index (χ1n) is 12.1. The summed E-state index contributed by atoms with van der Waals surface area (Å²) < 4.78 is 52.6. The van der Waals surface area contributed by atoms with Gasteiger partial charge in [-0.25, -0.2) is 17.8 Å². The molecule has 9 nitrogen and oxygen atoms in total. The van der Waals surface area contributed by atoms with Crippen LogP contribution in [0.3, 0.4) is 0 Å². The van der Waals surface area contributed by atoms with Gasteiger partial charge in [-0.15, -0.1) is 0 Å². The lowest BCUT2D eigenvalue weighted by Crippen LogP contribution is -2.53. The number of ether oxygens (including phenoxy) is 2. The number of benzene rings is 2. The maximum Gasteiger partial charge on any atom is 0.243 e. The van der Waals surface area contributed by atoms with Crippen molar-refractivity contribution in [3.05, 3.63) is 42.2 Å². The Balaban J connectivity index is 1.24. The number of piperidine rings is 1. The largest absolute Gasteiger partial charge is 0.495 e. The molecular formula is C25H29FN4O5S2. The van der Waals surface area contributed by atoms with Gasteiger partial charge in [-0.3, -0.25) is 4.79 Å². The third-order valence-electron chi connectivity index (χ3n) is 6.95. The van der Waals surface area contributed by atoms with Crippen LogP contribution in [0.2, 0.25) is 0 Å². The maximum atomic E-state index is 13.3. The minimum absolute atomic E-state index is 0.0219. The van der Waals surface area contributed by atoms with E-state index in [-0.39, 0.29) is 17.3 Å². The molecule has 2 aromatic carbocycles. The molecular weight excluding hydrogens is 519 g/mol. The third kappa shape index (κ3) is 4.97. The van der Waals surface area contributed by atoms with Gasteiger partial charge in [0.1, 0.15) is 27.5 Å². The zero-order valence-corrected chi connectivity index (χ0v) is 22.4. The molecule has 2 aliphatic rings. The van der Waals surface area contributed by atoms with Gasteiger partial charge in [0.25, 0.3) is 0 Å². The summed E-state index contributed by atoms with van der Waals surface area (Å²) in [6, 6.07) is 8.51. The number of thiazole rings is 1. The second kappa shape index (κ2) is 10.4. The quantitative estimate of drug-likeness (QED) is 0.467. The predicted molar refractivity (Wildman–Crippen MR) is 139 cm³/mol. The summed E-state index contributed by atoms with van der Waals surface area (Å²) in [6.07, 6.45) is 1.25. The van der Waals surface area contributed by atoms with Crippen LogP contribution in [0.15, 0.2) is 41.3 Å². The van der Waals surface area contributed by atoms with E-state index in [4.69, 9.17) is 14.5 Å². The zero-order chi connectivity index (χ0) is 26.2. The SMILES string of the molecule is COc1ccc(OC)c2sc(N3CCN(C(=O)C4CCCN(S(=O)(=O)c5ccc(F)cc5)C4)CC3)nc12. The first-order valence-corrected chi connectivity index (χ1v) is 14.4. The van der Waals surface area contributed by atoms with Gasteiger partial charge in [0, 0.05) is 39.3 Å². The van der Waals surface area contributed by atoms with Gasteiger partial charge in [0.2, 0.25) is 15.9 Å². The molecule has 0 radical (unpaired) electrons. The Morgan fingerprint density at radius 2 is 1.68 bits per heavy atom. The number of anilines is 1. The fraction of sp³-hybridized carbons (Fsp3) is 0.440. The van der Waals surface area contributed by atoms with Crippen LogP contribution in [0.25, 0.3) is 10.2 Å². The minimum atomic E-state index is -3.78. The number of rotatable bonds is 6. The Kier molecular flexibility index (Phi) is 7.24. The second-order valence-electron chi connectivity index (χ2n) is 9.11.